The molecule has 0 bridgehead atoms. The maximum atomic E-state index is 6.00. The smallest absolute Gasteiger partial charge is 0.224 e. The molecule has 0 spiro atoms. The molecule has 1 unspecified atom stereocenters. The highest BCUT2D eigenvalue weighted by Crippen LogP contribution is 2.30. The molecule has 1 fully saturated rings. The third-order valence-electron chi connectivity index (χ3n) is 3.42. The summed E-state index contributed by atoms with van der Waals surface area (Å²) in [5.41, 5.74) is 2.43. The fourth-order valence-electron chi connectivity index (χ4n) is 2.66. The van der Waals surface area contributed by atoms with Crippen molar-refractivity contribution < 1.29 is 4.74 Å². The number of anilines is 1. The summed E-state index contributed by atoms with van der Waals surface area (Å²) in [7, 11) is 0. The van der Waals surface area contributed by atoms with Crippen LogP contribution in [0.2, 0.25) is 5.28 Å². The minimum atomic E-state index is 0.259. The molecule has 2 aliphatic rings. The molecule has 4 nitrogen and oxygen atoms in total. The first kappa shape index (κ1) is 11.2. The highest BCUT2D eigenvalue weighted by molar-refractivity contribution is 6.28. The molecule has 1 aromatic rings. The van der Waals surface area contributed by atoms with Gasteiger partial charge in [-0.1, -0.05) is 0 Å². The average molecular weight is 254 g/mol. The van der Waals surface area contributed by atoms with Crippen molar-refractivity contribution in [1.82, 2.24) is 9.97 Å². The average Bonchev–Trinajstić information content (AvgIpc) is 2.75. The van der Waals surface area contributed by atoms with Crippen LogP contribution in [0.3, 0.4) is 0 Å². The third kappa shape index (κ3) is 2.11. The van der Waals surface area contributed by atoms with Crippen molar-refractivity contribution in [3.05, 3.63) is 16.5 Å². The second kappa shape index (κ2) is 4.42. The molecular weight excluding hydrogens is 238 g/mol. The van der Waals surface area contributed by atoms with Crippen LogP contribution in [0, 0.1) is 0 Å². The van der Waals surface area contributed by atoms with E-state index in [1.54, 1.807) is 0 Å². The van der Waals surface area contributed by atoms with Crippen LogP contribution in [0.4, 0.5) is 5.82 Å². The SMILES string of the molecule is CC1CN(c2nc(Cl)nc3c2CCC3)CCO1. The lowest BCUT2D eigenvalue weighted by atomic mass is 10.2. The predicted octanol–water partition coefficient (Wildman–Crippen LogP) is 1.84. The van der Waals surface area contributed by atoms with E-state index in [1.165, 1.54) is 5.56 Å². The van der Waals surface area contributed by atoms with Crippen LogP contribution >= 0.6 is 11.6 Å². The van der Waals surface area contributed by atoms with Gasteiger partial charge in [0.25, 0.3) is 0 Å². The van der Waals surface area contributed by atoms with Gasteiger partial charge < -0.3 is 9.64 Å². The summed E-state index contributed by atoms with van der Waals surface area (Å²) in [4.78, 5) is 11.0. The Balaban J connectivity index is 1.96. The summed E-state index contributed by atoms with van der Waals surface area (Å²) in [6.45, 7) is 4.64. The largest absolute Gasteiger partial charge is 0.375 e. The van der Waals surface area contributed by atoms with E-state index >= 15 is 0 Å². The minimum Gasteiger partial charge on any atom is -0.375 e. The number of hydrogen-bond acceptors (Lipinski definition) is 4. The highest BCUT2D eigenvalue weighted by atomic mass is 35.5. The first-order chi connectivity index (χ1) is 8.24. The van der Waals surface area contributed by atoms with Gasteiger partial charge in [0.15, 0.2) is 0 Å². The van der Waals surface area contributed by atoms with Crippen LogP contribution in [0.5, 0.6) is 0 Å². The summed E-state index contributed by atoms with van der Waals surface area (Å²) < 4.78 is 5.56. The fraction of sp³-hybridized carbons (Fsp3) is 0.667. The zero-order chi connectivity index (χ0) is 11.8. The lowest BCUT2D eigenvalue weighted by Crippen LogP contribution is -2.42. The number of halogens is 1. The lowest BCUT2D eigenvalue weighted by Gasteiger charge is -2.33. The monoisotopic (exact) mass is 253 g/mol. The van der Waals surface area contributed by atoms with E-state index in [0.717, 1.165) is 50.5 Å². The molecule has 1 aromatic heterocycles. The molecule has 0 saturated carbocycles. The van der Waals surface area contributed by atoms with E-state index in [4.69, 9.17) is 16.3 Å². The van der Waals surface area contributed by atoms with Crippen molar-refractivity contribution in [2.45, 2.75) is 32.3 Å². The van der Waals surface area contributed by atoms with E-state index in [2.05, 4.69) is 21.8 Å². The molecule has 5 heteroatoms. The Hall–Kier alpha value is -0.870. The maximum absolute atomic E-state index is 6.00. The quantitative estimate of drug-likeness (QED) is 0.716. The van der Waals surface area contributed by atoms with Crippen LogP contribution in [-0.2, 0) is 17.6 Å². The van der Waals surface area contributed by atoms with E-state index in [9.17, 15) is 0 Å². The molecule has 0 N–H and O–H groups in total. The van der Waals surface area contributed by atoms with Gasteiger partial charge in [0, 0.05) is 18.7 Å². The van der Waals surface area contributed by atoms with Crippen molar-refractivity contribution >= 4 is 17.4 Å². The van der Waals surface area contributed by atoms with E-state index < -0.39 is 0 Å². The third-order valence-corrected chi connectivity index (χ3v) is 3.59. The molecule has 1 aliphatic carbocycles. The highest BCUT2D eigenvalue weighted by Gasteiger charge is 2.25. The van der Waals surface area contributed by atoms with Gasteiger partial charge in [-0.2, -0.15) is 0 Å². The van der Waals surface area contributed by atoms with E-state index in [0.29, 0.717) is 5.28 Å². The molecule has 0 radical (unpaired) electrons. The summed E-state index contributed by atoms with van der Waals surface area (Å²) in [5.74, 6) is 1.03. The van der Waals surface area contributed by atoms with Gasteiger partial charge in [0.2, 0.25) is 5.28 Å². The number of fused-ring (bicyclic) bond motifs is 1. The van der Waals surface area contributed by atoms with Crippen molar-refractivity contribution in [1.29, 1.82) is 0 Å². The molecule has 1 aliphatic heterocycles. The molecule has 3 rings (SSSR count). The minimum absolute atomic E-state index is 0.259. The predicted molar refractivity (Wildman–Crippen MR) is 66.7 cm³/mol. The molecule has 1 saturated heterocycles. The molecule has 17 heavy (non-hydrogen) atoms. The van der Waals surface area contributed by atoms with E-state index in [1.807, 2.05) is 0 Å². The van der Waals surface area contributed by atoms with Crippen LogP contribution in [0.1, 0.15) is 24.6 Å². The first-order valence-electron chi connectivity index (χ1n) is 6.16. The number of morpholine rings is 1. The topological polar surface area (TPSA) is 38.2 Å². The van der Waals surface area contributed by atoms with Gasteiger partial charge in [0.05, 0.1) is 18.4 Å². The van der Waals surface area contributed by atoms with Crippen molar-refractivity contribution in [2.24, 2.45) is 0 Å². The normalized spacial score (nSPS) is 23.9. The number of hydrogen-bond donors (Lipinski definition) is 0. The Morgan fingerprint density at radius 2 is 2.24 bits per heavy atom. The second-order valence-electron chi connectivity index (χ2n) is 4.72. The number of ether oxygens (including phenoxy) is 1. The van der Waals surface area contributed by atoms with Gasteiger partial charge in [-0.25, -0.2) is 9.97 Å². The zero-order valence-electron chi connectivity index (χ0n) is 9.95. The Morgan fingerprint density at radius 1 is 1.35 bits per heavy atom. The van der Waals surface area contributed by atoms with Gasteiger partial charge in [-0.15, -0.1) is 0 Å². The Bertz CT molecular complexity index is 438. The first-order valence-corrected chi connectivity index (χ1v) is 6.53. The zero-order valence-corrected chi connectivity index (χ0v) is 10.7. The van der Waals surface area contributed by atoms with Crippen molar-refractivity contribution in [3.8, 4) is 0 Å². The van der Waals surface area contributed by atoms with Gasteiger partial charge in [-0.3, -0.25) is 0 Å². The van der Waals surface area contributed by atoms with Crippen LogP contribution in [0.25, 0.3) is 0 Å². The summed E-state index contributed by atoms with van der Waals surface area (Å²) in [6.07, 6.45) is 3.53. The molecule has 92 valence electrons. The van der Waals surface area contributed by atoms with Gasteiger partial charge >= 0.3 is 0 Å². The Morgan fingerprint density at radius 3 is 3.06 bits per heavy atom. The standard InChI is InChI=1S/C12H16ClN3O/c1-8-7-16(5-6-17-8)11-9-3-2-4-10(9)14-12(13)15-11/h8H,2-7H2,1H3. The Kier molecular flexibility index (Phi) is 2.92. The van der Waals surface area contributed by atoms with Crippen LogP contribution < -0.4 is 4.90 Å². The van der Waals surface area contributed by atoms with Gasteiger partial charge in [0.1, 0.15) is 5.82 Å². The molecule has 0 aromatic carbocycles. The molecule has 2 heterocycles. The molecule has 0 amide bonds. The Labute approximate surface area is 106 Å². The number of aromatic nitrogens is 2. The van der Waals surface area contributed by atoms with Crippen LogP contribution in [0.15, 0.2) is 0 Å². The maximum Gasteiger partial charge on any atom is 0.224 e. The fourth-order valence-corrected chi connectivity index (χ4v) is 2.84. The van der Waals surface area contributed by atoms with Crippen molar-refractivity contribution in [3.63, 3.8) is 0 Å². The summed E-state index contributed by atoms with van der Waals surface area (Å²) in [5, 5.41) is 0.375. The molecular formula is C12H16ClN3O. The summed E-state index contributed by atoms with van der Waals surface area (Å²) >= 11 is 6.00. The van der Waals surface area contributed by atoms with Crippen LogP contribution in [-0.4, -0.2) is 35.8 Å². The lowest BCUT2D eigenvalue weighted by molar-refractivity contribution is 0.0529. The second-order valence-corrected chi connectivity index (χ2v) is 5.06. The van der Waals surface area contributed by atoms with Gasteiger partial charge in [-0.05, 0) is 37.8 Å². The number of nitrogens with zero attached hydrogens (tertiary/aromatic N) is 3. The molecule has 1 atom stereocenters. The van der Waals surface area contributed by atoms with Crippen molar-refractivity contribution in [2.75, 3.05) is 24.6 Å². The number of aryl methyl sites for hydroxylation is 1. The number of rotatable bonds is 1. The summed E-state index contributed by atoms with van der Waals surface area (Å²) in [6, 6.07) is 0. The van der Waals surface area contributed by atoms with E-state index in [-0.39, 0.29) is 6.10 Å².